The molecule has 0 N–H and O–H groups in total. The van der Waals surface area contributed by atoms with Gasteiger partial charge in [0.2, 0.25) is 0 Å². The molecule has 4 heterocycles. The third kappa shape index (κ3) is 30.8. The molecule has 1 aliphatic rings. The first-order valence-corrected chi connectivity index (χ1v) is 22.3. The topological polar surface area (TPSA) is 129 Å². The zero-order valence-corrected chi connectivity index (χ0v) is 42.2. The number of hydrogen-bond acceptors (Lipinski definition) is 9. The molecule has 0 bridgehead atoms. The van der Waals surface area contributed by atoms with Gasteiger partial charge in [-0.2, -0.15) is 10.2 Å². The normalized spacial score (nSPS) is 11.5. The van der Waals surface area contributed by atoms with Crippen LogP contribution in [-0.2, 0) is 19.5 Å². The predicted molar refractivity (Wildman–Crippen MR) is 266 cm³/mol. The lowest BCUT2D eigenvalue weighted by Crippen LogP contribution is -2.05. The lowest BCUT2D eigenvalue weighted by Gasteiger charge is -2.04. The van der Waals surface area contributed by atoms with E-state index in [9.17, 15) is 0 Å². The van der Waals surface area contributed by atoms with Crippen molar-refractivity contribution < 1.29 is 0 Å². The quantitative estimate of drug-likeness (QED) is 0.167. The van der Waals surface area contributed by atoms with Crippen LogP contribution in [0.2, 0.25) is 0 Å². The molecule has 0 fully saturated rings. The van der Waals surface area contributed by atoms with E-state index in [2.05, 4.69) is 246 Å². The number of terminal acetylenes is 1. The molecule has 0 radical (unpaired) electrons. The van der Waals surface area contributed by atoms with Crippen LogP contribution in [0.5, 0.6) is 0 Å². The maximum atomic E-state index is 4.88. The van der Waals surface area contributed by atoms with Gasteiger partial charge in [-0.05, 0) is 146 Å². The van der Waals surface area contributed by atoms with Gasteiger partial charge >= 0.3 is 0 Å². The minimum absolute atomic E-state index is 0.0994. The Morgan fingerprint density at radius 1 is 0.585 bits per heavy atom. The SMILES string of the molecule is C#CC#CC#CC#CC#CC#CC#CC#CC.CC(C)CC1N=NC(C(C)C)=N1.CC(C)Cc1cn(C(C)C)nn1.CC(C)Cn1cc(C(C)C)nn1.CC(C)Cn1cnc(C(C)C)n1. The molecule has 1 atom stereocenters. The third-order valence-corrected chi connectivity index (χ3v) is 7.75. The molecule has 65 heavy (non-hydrogen) atoms. The number of amidine groups is 1. The molecule has 12 heteroatoms. The van der Waals surface area contributed by atoms with Crippen molar-refractivity contribution in [1.82, 2.24) is 44.8 Å². The van der Waals surface area contributed by atoms with E-state index in [4.69, 9.17) is 6.42 Å². The van der Waals surface area contributed by atoms with Crippen molar-refractivity contribution in [3.63, 3.8) is 0 Å². The van der Waals surface area contributed by atoms with E-state index in [0.29, 0.717) is 47.5 Å². The van der Waals surface area contributed by atoms with Crippen molar-refractivity contribution in [2.45, 2.75) is 168 Å². The molecule has 0 aliphatic carbocycles. The van der Waals surface area contributed by atoms with E-state index >= 15 is 0 Å². The first-order valence-electron chi connectivity index (χ1n) is 22.3. The standard InChI is InChI=1S/C17H4.4C9H17N3/c1-3-5-7-9-11-13-15-17-16-14-12-10-8-6-4-2;1-7(2)5-12-6-10-9(11-12)8(3)4;1-7(2)5-12-6-9(8(3)4)10-11-12;1-7(2)5-9-6-12(8(3)4)11-10-9;1-6(2)5-8-10-9(7(3)4)12-11-8/h1H,2H3;4*6-8H,5H2,1-4H3. The first-order chi connectivity index (χ1) is 30.8. The van der Waals surface area contributed by atoms with Crippen LogP contribution in [-0.4, -0.2) is 56.8 Å². The summed E-state index contributed by atoms with van der Waals surface area (Å²) in [4.78, 5) is 8.63. The minimum Gasteiger partial charge on any atom is -0.252 e. The van der Waals surface area contributed by atoms with Gasteiger partial charge in [0.05, 0.1) is 11.4 Å². The predicted octanol–water partition coefficient (Wildman–Crippen LogP) is 9.71. The maximum Gasteiger partial charge on any atom is 0.163 e. The fourth-order valence-electron chi connectivity index (χ4n) is 4.71. The highest BCUT2D eigenvalue weighted by Gasteiger charge is 2.17. The van der Waals surface area contributed by atoms with Gasteiger partial charge in [-0.25, -0.2) is 14.7 Å². The summed E-state index contributed by atoms with van der Waals surface area (Å²) >= 11 is 0. The van der Waals surface area contributed by atoms with Gasteiger partial charge in [-0.3, -0.25) is 9.36 Å². The average molecular weight is 877 g/mol. The molecule has 0 amide bonds. The van der Waals surface area contributed by atoms with E-state index in [1.54, 1.807) is 6.92 Å². The molecule has 1 unspecified atom stereocenters. The van der Waals surface area contributed by atoms with Gasteiger partial charge in [0.1, 0.15) is 6.33 Å². The Morgan fingerprint density at radius 3 is 1.51 bits per heavy atom. The highest BCUT2D eigenvalue weighted by Crippen LogP contribution is 2.17. The van der Waals surface area contributed by atoms with Gasteiger partial charge in [0, 0.05) is 43.4 Å². The van der Waals surface area contributed by atoms with Crippen molar-refractivity contribution >= 4 is 5.84 Å². The summed E-state index contributed by atoms with van der Waals surface area (Å²) in [5, 5.41) is 28.8. The van der Waals surface area contributed by atoms with Crippen LogP contribution < -0.4 is 0 Å². The van der Waals surface area contributed by atoms with E-state index < -0.39 is 0 Å². The summed E-state index contributed by atoms with van der Waals surface area (Å²) in [6.07, 6.45) is 12.9. The molecule has 0 saturated carbocycles. The molecule has 3 aromatic heterocycles. The highest BCUT2D eigenvalue weighted by atomic mass is 15.4. The van der Waals surface area contributed by atoms with Gasteiger partial charge in [-0.15, -0.1) is 21.7 Å². The largest absolute Gasteiger partial charge is 0.252 e. The van der Waals surface area contributed by atoms with Gasteiger partial charge < -0.3 is 0 Å². The van der Waals surface area contributed by atoms with E-state index in [-0.39, 0.29) is 6.17 Å². The molecule has 1 aliphatic heterocycles. The molecule has 0 aromatic carbocycles. The zero-order chi connectivity index (χ0) is 49.2. The third-order valence-electron chi connectivity index (χ3n) is 7.75. The molecule has 12 nitrogen and oxygen atoms in total. The van der Waals surface area contributed by atoms with Crippen LogP contribution in [0, 0.1) is 125 Å². The van der Waals surface area contributed by atoms with E-state index in [0.717, 1.165) is 49.0 Å². The fourth-order valence-corrected chi connectivity index (χ4v) is 4.71. The van der Waals surface area contributed by atoms with Gasteiger partial charge in [0.25, 0.3) is 0 Å². The molecular formula is C53H72N12. The Kier molecular flexibility index (Phi) is 31.0. The van der Waals surface area contributed by atoms with Crippen molar-refractivity contribution in [3.8, 4) is 95.2 Å². The summed E-state index contributed by atoms with van der Waals surface area (Å²) in [6, 6.07) is 0.415. The van der Waals surface area contributed by atoms with Crippen LogP contribution in [0.25, 0.3) is 0 Å². The maximum absolute atomic E-state index is 4.88. The molecule has 3 aromatic rings. The number of aromatic nitrogens is 9. The lowest BCUT2D eigenvalue weighted by molar-refractivity contribution is 0.472. The van der Waals surface area contributed by atoms with Crippen LogP contribution in [0.15, 0.2) is 33.9 Å². The molecule has 0 saturated heterocycles. The summed E-state index contributed by atoms with van der Waals surface area (Å²) in [7, 11) is 0. The summed E-state index contributed by atoms with van der Waals surface area (Å²) < 4.78 is 5.73. The summed E-state index contributed by atoms with van der Waals surface area (Å²) in [6.45, 7) is 37.9. The first kappa shape index (κ1) is 58.2. The Labute approximate surface area is 392 Å². The zero-order valence-electron chi connectivity index (χ0n) is 42.2. The van der Waals surface area contributed by atoms with Crippen LogP contribution in [0.4, 0.5) is 0 Å². The Morgan fingerprint density at radius 2 is 1.12 bits per heavy atom. The highest BCUT2D eigenvalue weighted by molar-refractivity contribution is 5.85. The number of azo groups is 1. The molecule has 0 spiro atoms. The van der Waals surface area contributed by atoms with Crippen molar-refractivity contribution in [1.29, 1.82) is 0 Å². The smallest absolute Gasteiger partial charge is 0.163 e. The number of nitrogens with zero attached hydrogens (tertiary/aromatic N) is 12. The Balaban J connectivity index is 0.000000793. The van der Waals surface area contributed by atoms with E-state index in [1.807, 2.05) is 32.8 Å². The number of aliphatic imine (C=N–C) groups is 1. The Bertz CT molecular complexity index is 2270. The van der Waals surface area contributed by atoms with Gasteiger partial charge in [0.15, 0.2) is 17.8 Å². The van der Waals surface area contributed by atoms with E-state index in [1.165, 1.54) is 0 Å². The second-order valence-electron chi connectivity index (χ2n) is 17.7. The van der Waals surface area contributed by atoms with Crippen LogP contribution in [0.3, 0.4) is 0 Å². The lowest BCUT2D eigenvalue weighted by atomic mass is 10.1. The minimum atomic E-state index is 0.0994. The molecular weight excluding hydrogens is 805 g/mol. The summed E-state index contributed by atoms with van der Waals surface area (Å²) in [5.74, 6) is 42.6. The van der Waals surface area contributed by atoms with Gasteiger partial charge in [-0.1, -0.05) is 113 Å². The molecule has 4 rings (SSSR count). The van der Waals surface area contributed by atoms with Crippen molar-refractivity contribution in [3.05, 3.63) is 35.9 Å². The van der Waals surface area contributed by atoms with Crippen LogP contribution >= 0.6 is 0 Å². The fraction of sp³-hybridized carbons (Fsp3) is 0.566. The summed E-state index contributed by atoms with van der Waals surface area (Å²) in [5.41, 5.74) is 2.18. The number of rotatable bonds is 12. The van der Waals surface area contributed by atoms with Crippen molar-refractivity contribution in [2.75, 3.05) is 0 Å². The Hall–Kier alpha value is -6.83. The van der Waals surface area contributed by atoms with Crippen molar-refractivity contribution in [2.24, 2.45) is 44.8 Å². The molecule has 344 valence electrons. The van der Waals surface area contributed by atoms with Crippen LogP contribution in [0.1, 0.15) is 159 Å². The monoisotopic (exact) mass is 877 g/mol. The average Bonchev–Trinajstić information content (AvgIpc) is 4.06. The second-order valence-corrected chi connectivity index (χ2v) is 17.7. The number of hydrogen-bond donors (Lipinski definition) is 0. The second kappa shape index (κ2) is 34.6.